The third-order valence-electron chi connectivity index (χ3n) is 12.8. The molecular weight excluding hydrogens is 1090 g/mol. The minimum Gasteiger partial charge on any atom is -0.748 e. The van der Waals surface area contributed by atoms with Gasteiger partial charge in [0.05, 0.1) is 70.8 Å². The number of carbonyl (C=O) groups excluding carboxylic acids is 3. The third kappa shape index (κ3) is 21.6. The van der Waals surface area contributed by atoms with Gasteiger partial charge >= 0.3 is 59.1 Å². The van der Waals surface area contributed by atoms with Gasteiger partial charge in [0, 0.05) is 97.1 Å². The van der Waals surface area contributed by atoms with E-state index in [2.05, 4.69) is 5.32 Å². The van der Waals surface area contributed by atoms with E-state index in [1.165, 1.54) is 24.3 Å². The Morgan fingerprint density at radius 3 is 2.00 bits per heavy atom. The Labute approximate surface area is 503 Å². The van der Waals surface area contributed by atoms with Gasteiger partial charge in [-0.1, -0.05) is 39.3 Å². The molecule has 3 aliphatic heterocycles. The molecule has 1 aromatic carbocycles. The van der Waals surface area contributed by atoms with Crippen molar-refractivity contribution in [3.8, 4) is 11.3 Å². The van der Waals surface area contributed by atoms with Gasteiger partial charge in [0.1, 0.15) is 34.8 Å². The number of nitrogens with zero attached hydrogens (tertiary/aromatic N) is 3. The Bertz CT molecular complexity index is 2980. The molecule has 78 heavy (non-hydrogen) atoms. The number of allylic oxidation sites excluding steroid dienone is 3. The van der Waals surface area contributed by atoms with Gasteiger partial charge in [-0.3, -0.25) is 19.3 Å². The number of fused-ring (bicyclic) bond motifs is 2. The van der Waals surface area contributed by atoms with E-state index >= 15 is 0 Å². The predicted octanol–water partition coefficient (Wildman–Crippen LogP) is -2.40. The van der Waals surface area contributed by atoms with E-state index < -0.39 is 69.4 Å². The normalized spacial score (nSPS) is 16.8. The molecule has 420 valence electrons. The Hall–Kier alpha value is -3.15. The van der Waals surface area contributed by atoms with E-state index in [0.717, 1.165) is 10.5 Å². The van der Waals surface area contributed by atoms with Crippen LogP contribution in [0.25, 0.3) is 17.4 Å². The molecule has 21 nitrogen and oxygen atoms in total. The SMILES string of the molecule is COCCOCCOCCOCC[N+](CCCS(=O)(=O)[O-])=c1ccc2c(/C=C/C=C3\N(CCCCCC(=O)NCCN4C(=O)C=CC4=O)c4ccc(S(=O)(=O)[O-])cc4C3(C)CCCS(=O)(=O)[O-])cc(C(C)(C)C)oc-2c1.[Na+].[Na+]. The van der Waals surface area contributed by atoms with Gasteiger partial charge in [0.2, 0.25) is 11.3 Å². The molecule has 0 saturated heterocycles. The van der Waals surface area contributed by atoms with Crippen LogP contribution in [0.5, 0.6) is 0 Å². The summed E-state index contributed by atoms with van der Waals surface area (Å²) in [5.74, 6) is -1.22. The number of benzene rings is 2. The van der Waals surface area contributed by atoms with E-state index in [9.17, 15) is 53.3 Å². The Morgan fingerprint density at radius 1 is 0.756 bits per heavy atom. The van der Waals surface area contributed by atoms with Crippen molar-refractivity contribution < 1.29 is 136 Å². The van der Waals surface area contributed by atoms with Gasteiger partial charge in [0.25, 0.3) is 11.8 Å². The van der Waals surface area contributed by atoms with Crippen molar-refractivity contribution in [2.75, 3.05) is 102 Å². The number of imide groups is 1. The number of amides is 3. The summed E-state index contributed by atoms with van der Waals surface area (Å²) in [6.07, 6.45) is 9.74. The minimum atomic E-state index is -4.92. The Morgan fingerprint density at radius 2 is 1.38 bits per heavy atom. The quantitative estimate of drug-likeness (QED) is 0.0224. The first-order valence-corrected chi connectivity index (χ1v) is 29.7. The van der Waals surface area contributed by atoms with Crippen LogP contribution in [-0.4, -0.2) is 159 Å². The van der Waals surface area contributed by atoms with Crippen LogP contribution in [0.15, 0.2) is 81.8 Å². The van der Waals surface area contributed by atoms with E-state index in [1.54, 1.807) is 13.2 Å². The van der Waals surface area contributed by atoms with Crippen molar-refractivity contribution in [3.63, 3.8) is 0 Å². The average molecular weight is 1170 g/mol. The van der Waals surface area contributed by atoms with Gasteiger partial charge < -0.3 is 47.2 Å². The van der Waals surface area contributed by atoms with E-state index in [-0.39, 0.29) is 117 Å². The first-order chi connectivity index (χ1) is 35.8. The zero-order valence-corrected chi connectivity index (χ0v) is 52.2. The second-order valence-corrected chi connectivity index (χ2v) is 24.1. The van der Waals surface area contributed by atoms with Gasteiger partial charge in [-0.2, -0.15) is 0 Å². The van der Waals surface area contributed by atoms with Crippen molar-refractivity contribution in [1.82, 2.24) is 14.8 Å². The van der Waals surface area contributed by atoms with Crippen molar-refractivity contribution in [1.29, 1.82) is 0 Å². The number of hydrogen-bond acceptors (Lipinski definition) is 18. The smallest absolute Gasteiger partial charge is 0.748 e. The maximum Gasteiger partial charge on any atom is 1.00 e. The van der Waals surface area contributed by atoms with Crippen molar-refractivity contribution in [2.45, 2.75) is 88.4 Å². The van der Waals surface area contributed by atoms with Gasteiger partial charge in [-0.05, 0) is 80.1 Å². The van der Waals surface area contributed by atoms with Crippen molar-refractivity contribution in [3.05, 3.63) is 94.7 Å². The first-order valence-electron chi connectivity index (χ1n) is 25.1. The topological polar surface area (TPSA) is 294 Å². The van der Waals surface area contributed by atoms with Crippen LogP contribution in [0.3, 0.4) is 0 Å². The molecule has 0 radical (unpaired) electrons. The second kappa shape index (κ2) is 31.9. The molecule has 1 aromatic rings. The molecule has 0 bridgehead atoms. The predicted molar refractivity (Wildman–Crippen MR) is 280 cm³/mol. The summed E-state index contributed by atoms with van der Waals surface area (Å²) in [6.45, 7) is 11.5. The largest absolute Gasteiger partial charge is 1.00 e. The number of ether oxygens (including phenoxy) is 4. The van der Waals surface area contributed by atoms with Gasteiger partial charge in [-0.15, -0.1) is 0 Å². The summed E-state index contributed by atoms with van der Waals surface area (Å²) in [7, 11) is -12.4. The van der Waals surface area contributed by atoms with Gasteiger partial charge in [0.15, 0.2) is 6.54 Å². The number of nitrogens with one attached hydrogen (secondary N) is 1. The Balaban J connectivity index is 0.00000800. The second-order valence-electron chi connectivity index (χ2n) is 19.6. The average Bonchev–Trinajstić information content (AvgIpc) is 3.77. The molecule has 1 unspecified atom stereocenters. The fraction of sp³-hybridized carbons (Fsp3) is 0.538. The molecular formula is C52H70N4Na2O17S3. The maximum atomic E-state index is 12.7. The van der Waals surface area contributed by atoms with E-state index in [4.69, 9.17) is 23.4 Å². The zero-order chi connectivity index (χ0) is 55.7. The summed E-state index contributed by atoms with van der Waals surface area (Å²) in [5, 5.41) is 3.42. The fourth-order valence-corrected chi connectivity index (χ4v) is 10.4. The molecule has 3 amide bonds. The van der Waals surface area contributed by atoms with Crippen molar-refractivity contribution >= 4 is 59.8 Å². The van der Waals surface area contributed by atoms with Gasteiger partial charge in [-0.25, -0.2) is 29.8 Å². The number of rotatable bonds is 32. The molecule has 3 heterocycles. The van der Waals surface area contributed by atoms with E-state index in [0.29, 0.717) is 111 Å². The summed E-state index contributed by atoms with van der Waals surface area (Å²) in [5.41, 5.74) is 1.58. The van der Waals surface area contributed by atoms with Crippen LogP contribution in [0.1, 0.15) is 89.5 Å². The molecule has 5 rings (SSSR count). The number of carbonyl (C=O) groups is 3. The molecule has 0 spiro atoms. The summed E-state index contributed by atoms with van der Waals surface area (Å²) in [6, 6.07) is 11.6. The zero-order valence-electron chi connectivity index (χ0n) is 45.8. The monoisotopic (exact) mass is 1160 g/mol. The standard InChI is InChI=1S/C52H72N4O17S3.2Na/c1-51(2,3)47-36-39(42-17-15-40(37-45(42)73-47)54(23-11-35-75(63,64)65)26-27-70-30-31-72-33-32-71-29-28-69-5)12-9-13-46-52(4,21-10-34-74(60,61)62)43-38-41(76(66,67)68)16-18-44(43)55(46)24-8-6-7-14-48(57)53-22-25-56-49(58)19-20-50(56)59;;/h9,12-13,15-20,36-38H,6-8,10-11,14,21-35H2,1-5H3,(H3-,53,57,60,61,62,63,64,65,66,67,68);;/q;2*+1/p-2. The number of anilines is 1. The molecule has 1 N–H and O–H groups in total. The first kappa shape index (κ1) is 69.1. The number of unbranched alkanes of at least 4 members (excludes halogenated alkanes) is 2. The third-order valence-corrected chi connectivity index (χ3v) is 15.2. The molecule has 1 atom stereocenters. The molecule has 1 aliphatic carbocycles. The molecule has 4 aliphatic rings. The summed E-state index contributed by atoms with van der Waals surface area (Å²) in [4.78, 5) is 38.9. The van der Waals surface area contributed by atoms with Crippen LogP contribution in [0, 0.1) is 0 Å². The van der Waals surface area contributed by atoms with Crippen LogP contribution >= 0.6 is 0 Å². The summed E-state index contributed by atoms with van der Waals surface area (Å²) < 4.78 is 138. The van der Waals surface area contributed by atoms with Crippen LogP contribution in [0.2, 0.25) is 0 Å². The molecule has 0 fully saturated rings. The van der Waals surface area contributed by atoms with Crippen LogP contribution in [-0.2, 0) is 74.5 Å². The van der Waals surface area contributed by atoms with Crippen LogP contribution < -0.4 is 79.3 Å². The molecule has 0 saturated carbocycles. The number of hydrogen-bond donors (Lipinski definition) is 1. The summed E-state index contributed by atoms with van der Waals surface area (Å²) >= 11 is 0. The Kier molecular flexibility index (Phi) is 28.3. The van der Waals surface area contributed by atoms with Crippen molar-refractivity contribution in [2.24, 2.45) is 0 Å². The van der Waals surface area contributed by atoms with Crippen LogP contribution in [0.4, 0.5) is 5.69 Å². The maximum absolute atomic E-state index is 12.7. The molecule has 0 aromatic heterocycles. The minimum absolute atomic E-state index is 0. The fourth-order valence-electron chi connectivity index (χ4n) is 8.88. The number of methoxy groups -OCH3 is 1. The van der Waals surface area contributed by atoms with E-state index in [1.807, 2.05) is 79.7 Å². The molecule has 26 heteroatoms.